The quantitative estimate of drug-likeness (QED) is 0.586. The Morgan fingerprint density at radius 1 is 1.22 bits per heavy atom. The van der Waals surface area contributed by atoms with Crippen LogP contribution in [0.2, 0.25) is 0 Å². The zero-order valence-corrected chi connectivity index (χ0v) is 17.9. The van der Waals surface area contributed by atoms with Crippen molar-refractivity contribution in [2.24, 2.45) is 0 Å². The van der Waals surface area contributed by atoms with E-state index in [9.17, 15) is 4.79 Å². The minimum atomic E-state index is -0.0151. The minimum absolute atomic E-state index is 0.0151. The summed E-state index contributed by atoms with van der Waals surface area (Å²) in [5, 5.41) is 7.94. The van der Waals surface area contributed by atoms with Crippen LogP contribution in [0.4, 0.5) is 5.82 Å². The number of hydrogen-bond acceptors (Lipinski definition) is 6. The summed E-state index contributed by atoms with van der Waals surface area (Å²) < 4.78 is 1.06. The Bertz CT molecular complexity index is 933. The standard InChI is InChI=1S/C19H19BrN4OS2/c20-14-8-16(26-11-14)19-23-15(12-27-19)9-18(25)22-10-13-3-4-21-17(7-13)24-5-1-2-6-24/h3-4,7-8,11-12H,1-2,5-6,9-10H2,(H,22,25). The van der Waals surface area contributed by atoms with Gasteiger partial charge in [-0.2, -0.15) is 0 Å². The van der Waals surface area contributed by atoms with Gasteiger partial charge in [-0.15, -0.1) is 22.7 Å². The lowest BCUT2D eigenvalue weighted by molar-refractivity contribution is -0.120. The van der Waals surface area contributed by atoms with E-state index in [2.05, 4.69) is 48.2 Å². The van der Waals surface area contributed by atoms with Gasteiger partial charge in [-0.3, -0.25) is 4.79 Å². The number of anilines is 1. The molecule has 1 saturated heterocycles. The molecule has 140 valence electrons. The number of carbonyl (C=O) groups excluding carboxylic acids is 1. The third kappa shape index (κ3) is 4.75. The molecule has 0 unspecified atom stereocenters. The van der Waals surface area contributed by atoms with E-state index in [1.54, 1.807) is 22.7 Å². The van der Waals surface area contributed by atoms with Gasteiger partial charge in [0, 0.05) is 41.1 Å². The van der Waals surface area contributed by atoms with E-state index in [-0.39, 0.29) is 5.91 Å². The van der Waals surface area contributed by atoms with E-state index in [4.69, 9.17) is 0 Å². The number of nitrogens with one attached hydrogen (secondary N) is 1. The van der Waals surface area contributed by atoms with Crippen molar-refractivity contribution in [3.05, 3.63) is 50.9 Å². The largest absolute Gasteiger partial charge is 0.357 e. The predicted molar refractivity (Wildman–Crippen MR) is 114 cm³/mol. The third-order valence-electron chi connectivity index (χ3n) is 4.40. The second-order valence-electron chi connectivity index (χ2n) is 6.44. The Kier molecular flexibility index (Phi) is 5.85. The summed E-state index contributed by atoms with van der Waals surface area (Å²) in [6.07, 6.45) is 4.56. The monoisotopic (exact) mass is 462 g/mol. The lowest BCUT2D eigenvalue weighted by Crippen LogP contribution is -2.25. The Hall–Kier alpha value is -1.77. The number of aromatic nitrogens is 2. The maximum atomic E-state index is 12.3. The highest BCUT2D eigenvalue weighted by molar-refractivity contribution is 9.10. The van der Waals surface area contributed by atoms with Gasteiger partial charge in [0.2, 0.25) is 5.91 Å². The SMILES string of the molecule is O=C(Cc1csc(-c2cc(Br)cs2)n1)NCc1ccnc(N2CCCC2)c1. The molecule has 0 aromatic carbocycles. The Morgan fingerprint density at radius 2 is 2.07 bits per heavy atom. The number of thiophene rings is 1. The van der Waals surface area contributed by atoms with Crippen LogP contribution in [0.25, 0.3) is 9.88 Å². The van der Waals surface area contributed by atoms with Crippen LogP contribution in [0.5, 0.6) is 0 Å². The molecule has 3 aromatic heterocycles. The van der Waals surface area contributed by atoms with E-state index in [1.165, 1.54) is 12.8 Å². The fourth-order valence-corrected chi connectivity index (χ4v) is 5.37. The summed E-state index contributed by atoms with van der Waals surface area (Å²) in [5.41, 5.74) is 1.88. The highest BCUT2D eigenvalue weighted by Crippen LogP contribution is 2.32. The van der Waals surface area contributed by atoms with Crippen molar-refractivity contribution in [3.63, 3.8) is 0 Å². The van der Waals surface area contributed by atoms with Crippen LogP contribution in [0.1, 0.15) is 24.1 Å². The third-order valence-corrected chi connectivity index (χ3v) is 7.15. The van der Waals surface area contributed by atoms with Gasteiger partial charge < -0.3 is 10.2 Å². The van der Waals surface area contributed by atoms with E-state index in [0.29, 0.717) is 13.0 Å². The van der Waals surface area contributed by atoms with Crippen molar-refractivity contribution < 1.29 is 4.79 Å². The van der Waals surface area contributed by atoms with Crippen LogP contribution in [0.15, 0.2) is 39.6 Å². The molecule has 4 heterocycles. The summed E-state index contributed by atoms with van der Waals surface area (Å²) in [6.45, 7) is 2.64. The normalized spacial score (nSPS) is 13.9. The summed E-state index contributed by atoms with van der Waals surface area (Å²) in [5.74, 6) is 0.990. The molecule has 1 fully saturated rings. The summed E-state index contributed by atoms with van der Waals surface area (Å²) in [7, 11) is 0. The molecule has 0 spiro atoms. The number of halogens is 1. The number of carbonyl (C=O) groups is 1. The fraction of sp³-hybridized carbons (Fsp3) is 0.316. The summed E-state index contributed by atoms with van der Waals surface area (Å²) in [6, 6.07) is 6.07. The Labute approximate surface area is 174 Å². The van der Waals surface area contributed by atoms with Crippen molar-refractivity contribution in [2.45, 2.75) is 25.8 Å². The Balaban J connectivity index is 1.32. The predicted octanol–water partition coefficient (Wildman–Crippen LogP) is 4.49. The molecule has 0 saturated carbocycles. The molecule has 1 N–H and O–H groups in total. The first kappa shape index (κ1) is 18.6. The first-order valence-corrected chi connectivity index (χ1v) is 11.4. The first-order chi connectivity index (χ1) is 13.2. The van der Waals surface area contributed by atoms with E-state index in [0.717, 1.165) is 44.5 Å². The molecule has 27 heavy (non-hydrogen) atoms. The number of rotatable bonds is 6. The first-order valence-electron chi connectivity index (χ1n) is 8.83. The Morgan fingerprint density at radius 3 is 2.85 bits per heavy atom. The lowest BCUT2D eigenvalue weighted by Gasteiger charge is -2.16. The van der Waals surface area contributed by atoms with Gasteiger partial charge in [-0.05, 0) is 52.5 Å². The number of pyridine rings is 1. The van der Waals surface area contributed by atoms with Crippen LogP contribution in [0.3, 0.4) is 0 Å². The molecule has 0 bridgehead atoms. The smallest absolute Gasteiger partial charge is 0.226 e. The van der Waals surface area contributed by atoms with Crippen molar-refractivity contribution in [1.29, 1.82) is 0 Å². The molecule has 4 rings (SSSR count). The average molecular weight is 463 g/mol. The molecule has 3 aromatic rings. The molecule has 0 radical (unpaired) electrons. The molecule has 5 nitrogen and oxygen atoms in total. The van der Waals surface area contributed by atoms with Gasteiger partial charge in [0.25, 0.3) is 0 Å². The minimum Gasteiger partial charge on any atom is -0.357 e. The topological polar surface area (TPSA) is 58.1 Å². The molecule has 0 aliphatic carbocycles. The van der Waals surface area contributed by atoms with Gasteiger partial charge in [-0.25, -0.2) is 9.97 Å². The summed E-state index contributed by atoms with van der Waals surface area (Å²) in [4.78, 5) is 24.7. The van der Waals surface area contributed by atoms with Gasteiger partial charge in [-0.1, -0.05) is 0 Å². The van der Waals surface area contributed by atoms with Crippen LogP contribution in [-0.4, -0.2) is 29.0 Å². The maximum Gasteiger partial charge on any atom is 0.226 e. The van der Waals surface area contributed by atoms with Gasteiger partial charge in [0.1, 0.15) is 10.8 Å². The second-order valence-corrected chi connectivity index (χ2v) is 9.13. The van der Waals surface area contributed by atoms with Crippen LogP contribution < -0.4 is 10.2 Å². The van der Waals surface area contributed by atoms with Gasteiger partial charge in [0.15, 0.2) is 0 Å². The van der Waals surface area contributed by atoms with Crippen molar-refractivity contribution in [3.8, 4) is 9.88 Å². The molecule has 0 atom stereocenters. The molecule has 1 aliphatic rings. The number of thiazole rings is 1. The van der Waals surface area contributed by atoms with Crippen LogP contribution >= 0.6 is 38.6 Å². The highest BCUT2D eigenvalue weighted by Gasteiger charge is 2.14. The molecule has 1 aliphatic heterocycles. The average Bonchev–Trinajstić information content (AvgIpc) is 3.42. The van der Waals surface area contributed by atoms with E-state index < -0.39 is 0 Å². The number of hydrogen-bond donors (Lipinski definition) is 1. The molecular weight excluding hydrogens is 444 g/mol. The zero-order chi connectivity index (χ0) is 18.6. The number of nitrogens with zero attached hydrogens (tertiary/aromatic N) is 3. The maximum absolute atomic E-state index is 12.3. The van der Waals surface area contributed by atoms with Crippen molar-refractivity contribution >= 4 is 50.3 Å². The van der Waals surface area contributed by atoms with Gasteiger partial charge >= 0.3 is 0 Å². The van der Waals surface area contributed by atoms with Crippen LogP contribution in [0, 0.1) is 0 Å². The zero-order valence-electron chi connectivity index (χ0n) is 14.7. The van der Waals surface area contributed by atoms with E-state index >= 15 is 0 Å². The fourth-order valence-electron chi connectivity index (χ4n) is 3.04. The molecule has 8 heteroatoms. The second kappa shape index (κ2) is 8.50. The lowest BCUT2D eigenvalue weighted by atomic mass is 10.2. The van der Waals surface area contributed by atoms with Gasteiger partial charge in [0.05, 0.1) is 17.0 Å². The van der Waals surface area contributed by atoms with Crippen LogP contribution in [-0.2, 0) is 17.8 Å². The highest BCUT2D eigenvalue weighted by atomic mass is 79.9. The van der Waals surface area contributed by atoms with Crippen molar-refractivity contribution in [1.82, 2.24) is 15.3 Å². The molecule has 1 amide bonds. The van der Waals surface area contributed by atoms with E-state index in [1.807, 2.05) is 23.0 Å². The summed E-state index contributed by atoms with van der Waals surface area (Å²) >= 11 is 6.68. The van der Waals surface area contributed by atoms with Crippen molar-refractivity contribution in [2.75, 3.05) is 18.0 Å². The molecular formula is C19H19BrN4OS2. The number of amides is 1.